The van der Waals surface area contributed by atoms with Crippen LogP contribution in [-0.2, 0) is 9.53 Å². The summed E-state index contributed by atoms with van der Waals surface area (Å²) >= 11 is 13.5. The van der Waals surface area contributed by atoms with E-state index in [0.717, 1.165) is 25.9 Å². The van der Waals surface area contributed by atoms with E-state index in [1.165, 1.54) is 11.3 Å². The van der Waals surface area contributed by atoms with Gasteiger partial charge >= 0.3 is 0 Å². The van der Waals surface area contributed by atoms with Crippen LogP contribution in [0.25, 0.3) is 0 Å². The van der Waals surface area contributed by atoms with Crippen LogP contribution in [0.1, 0.15) is 36.2 Å². The number of anilines is 2. The zero-order valence-electron chi connectivity index (χ0n) is 16.2. The summed E-state index contributed by atoms with van der Waals surface area (Å²) < 4.78 is 5.55. The molecule has 2 fully saturated rings. The maximum atomic E-state index is 13.0. The molecule has 1 aromatic carbocycles. The number of hydrogen-bond acceptors (Lipinski definition) is 6. The number of likely N-dealkylation sites (tertiary alicyclic amines) is 1. The minimum Gasteiger partial charge on any atom is -0.376 e. The van der Waals surface area contributed by atoms with E-state index in [1.54, 1.807) is 28.5 Å². The fraction of sp³-hybridized carbons (Fsp3) is 0.450. The van der Waals surface area contributed by atoms with Gasteiger partial charge in [-0.2, -0.15) is 0 Å². The number of carbonyl (C=O) groups is 2. The van der Waals surface area contributed by atoms with Crippen LogP contribution in [0.15, 0.2) is 23.6 Å². The van der Waals surface area contributed by atoms with E-state index in [4.69, 9.17) is 27.9 Å². The Hall–Kier alpha value is -1.87. The summed E-state index contributed by atoms with van der Waals surface area (Å²) in [4.78, 5) is 31.6. The number of thiazole rings is 1. The van der Waals surface area contributed by atoms with Gasteiger partial charge in [0, 0.05) is 25.1 Å². The van der Waals surface area contributed by atoms with Crippen molar-refractivity contribution < 1.29 is 14.3 Å². The number of nitrogens with zero attached hydrogens (tertiary/aromatic N) is 2. The molecule has 2 atom stereocenters. The molecule has 2 saturated heterocycles. The van der Waals surface area contributed by atoms with Crippen LogP contribution in [0, 0.1) is 0 Å². The molecule has 3 heterocycles. The van der Waals surface area contributed by atoms with Gasteiger partial charge in [0.2, 0.25) is 5.91 Å². The molecular weight excluding hydrogens is 447 g/mol. The zero-order valence-corrected chi connectivity index (χ0v) is 18.5. The largest absolute Gasteiger partial charge is 0.376 e. The second kappa shape index (κ2) is 9.51. The molecule has 0 spiro atoms. The molecule has 0 aliphatic carbocycles. The Morgan fingerprint density at radius 1 is 1.27 bits per heavy atom. The minimum atomic E-state index is -0.473. The van der Waals surface area contributed by atoms with Gasteiger partial charge < -0.3 is 20.3 Å². The average Bonchev–Trinajstić information content (AvgIpc) is 3.51. The molecule has 30 heavy (non-hydrogen) atoms. The quantitative estimate of drug-likeness (QED) is 0.666. The first-order chi connectivity index (χ1) is 14.5. The summed E-state index contributed by atoms with van der Waals surface area (Å²) in [6.45, 7) is 1.77. The average molecular weight is 469 g/mol. The topological polar surface area (TPSA) is 83.6 Å². The number of halogens is 2. The Kier molecular flexibility index (Phi) is 6.77. The van der Waals surface area contributed by atoms with Gasteiger partial charge in [0.05, 0.1) is 21.8 Å². The van der Waals surface area contributed by atoms with Crippen molar-refractivity contribution in [3.05, 3.63) is 39.3 Å². The highest BCUT2D eigenvalue weighted by atomic mass is 35.5. The summed E-state index contributed by atoms with van der Waals surface area (Å²) in [5.41, 5.74) is 0.921. The van der Waals surface area contributed by atoms with Crippen molar-refractivity contribution in [2.24, 2.45) is 0 Å². The van der Waals surface area contributed by atoms with Gasteiger partial charge in [-0.05, 0) is 37.8 Å². The summed E-state index contributed by atoms with van der Waals surface area (Å²) in [6.07, 6.45) is 3.49. The van der Waals surface area contributed by atoms with E-state index in [1.807, 2.05) is 0 Å². The van der Waals surface area contributed by atoms with Gasteiger partial charge in [0.1, 0.15) is 11.7 Å². The van der Waals surface area contributed by atoms with E-state index in [2.05, 4.69) is 15.6 Å². The van der Waals surface area contributed by atoms with Crippen LogP contribution < -0.4 is 10.6 Å². The molecule has 7 nitrogen and oxygen atoms in total. The Balaban J connectivity index is 1.39. The van der Waals surface area contributed by atoms with Crippen molar-refractivity contribution in [3.8, 4) is 0 Å². The predicted molar refractivity (Wildman–Crippen MR) is 118 cm³/mol. The molecule has 0 radical (unpaired) electrons. The van der Waals surface area contributed by atoms with Crippen molar-refractivity contribution in [1.29, 1.82) is 0 Å². The lowest BCUT2D eigenvalue weighted by atomic mass is 10.2. The molecule has 0 bridgehead atoms. The van der Waals surface area contributed by atoms with Crippen LogP contribution in [0.5, 0.6) is 0 Å². The summed E-state index contributed by atoms with van der Waals surface area (Å²) in [7, 11) is 0. The van der Waals surface area contributed by atoms with Crippen molar-refractivity contribution in [3.63, 3.8) is 0 Å². The molecule has 0 unspecified atom stereocenters. The summed E-state index contributed by atoms with van der Waals surface area (Å²) in [5.74, 6) is -0.373. The van der Waals surface area contributed by atoms with E-state index in [0.29, 0.717) is 46.1 Å². The van der Waals surface area contributed by atoms with Gasteiger partial charge in [-0.1, -0.05) is 29.3 Å². The lowest BCUT2D eigenvalue weighted by molar-refractivity contribution is -0.125. The molecule has 2 N–H and O–H groups in total. The number of aromatic nitrogens is 1. The first-order valence-corrected chi connectivity index (χ1v) is 11.5. The normalized spacial score (nSPS) is 21.1. The first-order valence-electron chi connectivity index (χ1n) is 9.90. The molecule has 4 rings (SSSR count). The van der Waals surface area contributed by atoms with Crippen LogP contribution >= 0.6 is 34.5 Å². The molecule has 2 amide bonds. The highest BCUT2D eigenvalue weighted by Gasteiger charge is 2.35. The SMILES string of the molecule is O=C(NC[C@H]1CCCO1)[C@@H]1CCCN1C(=O)c1csc(Nc2cccc(Cl)c2Cl)n1. The number of amides is 2. The number of carbonyl (C=O) groups excluding carboxylic acids is 2. The van der Waals surface area contributed by atoms with Crippen molar-refractivity contribution in [2.75, 3.05) is 25.0 Å². The Morgan fingerprint density at radius 3 is 2.93 bits per heavy atom. The first kappa shape index (κ1) is 21.4. The van der Waals surface area contributed by atoms with Crippen LogP contribution in [0.4, 0.5) is 10.8 Å². The second-order valence-electron chi connectivity index (χ2n) is 7.30. The highest BCUT2D eigenvalue weighted by molar-refractivity contribution is 7.14. The van der Waals surface area contributed by atoms with Gasteiger partial charge in [0.15, 0.2) is 5.13 Å². The molecule has 160 valence electrons. The molecule has 10 heteroatoms. The second-order valence-corrected chi connectivity index (χ2v) is 8.94. The van der Waals surface area contributed by atoms with Crippen molar-refractivity contribution in [2.45, 2.75) is 37.8 Å². The predicted octanol–water partition coefficient (Wildman–Crippen LogP) is 4.09. The molecule has 0 saturated carbocycles. The molecule has 2 aliphatic rings. The summed E-state index contributed by atoms with van der Waals surface area (Å²) in [5, 5.41) is 9.07. The smallest absolute Gasteiger partial charge is 0.274 e. The zero-order chi connectivity index (χ0) is 21.1. The maximum Gasteiger partial charge on any atom is 0.274 e. The van der Waals surface area contributed by atoms with E-state index in [-0.39, 0.29) is 17.9 Å². The van der Waals surface area contributed by atoms with Crippen LogP contribution in [0.2, 0.25) is 10.0 Å². The van der Waals surface area contributed by atoms with Crippen molar-refractivity contribution >= 4 is 57.2 Å². The Labute approximate surface area is 188 Å². The lowest BCUT2D eigenvalue weighted by Gasteiger charge is -2.23. The molecule has 2 aromatic rings. The summed E-state index contributed by atoms with van der Waals surface area (Å²) in [6, 6.07) is 4.79. The van der Waals surface area contributed by atoms with E-state index >= 15 is 0 Å². The third-order valence-electron chi connectivity index (χ3n) is 5.26. The van der Waals surface area contributed by atoms with Gasteiger partial charge in [-0.3, -0.25) is 9.59 Å². The van der Waals surface area contributed by atoms with E-state index in [9.17, 15) is 9.59 Å². The maximum absolute atomic E-state index is 13.0. The van der Waals surface area contributed by atoms with E-state index < -0.39 is 6.04 Å². The fourth-order valence-corrected chi connectivity index (χ4v) is 4.76. The molecule has 1 aromatic heterocycles. The fourth-order valence-electron chi connectivity index (χ4n) is 3.71. The van der Waals surface area contributed by atoms with Crippen LogP contribution in [0.3, 0.4) is 0 Å². The number of ether oxygens (including phenoxy) is 1. The third kappa shape index (κ3) is 4.72. The Bertz CT molecular complexity index is 933. The Morgan fingerprint density at radius 2 is 2.13 bits per heavy atom. The van der Waals surface area contributed by atoms with Gasteiger partial charge in [-0.15, -0.1) is 11.3 Å². The monoisotopic (exact) mass is 468 g/mol. The minimum absolute atomic E-state index is 0.0741. The lowest BCUT2D eigenvalue weighted by Crippen LogP contribution is -2.47. The molecule has 2 aliphatic heterocycles. The standard InChI is InChI=1S/C20H22Cl2N4O3S/c21-13-5-1-6-14(17(13)22)24-20-25-15(11-30-20)19(28)26-8-2-7-16(26)18(27)23-10-12-4-3-9-29-12/h1,5-6,11-12,16H,2-4,7-10H2,(H,23,27)(H,24,25)/t12-,16+/m1/s1. The number of nitrogens with one attached hydrogen (secondary N) is 2. The number of rotatable bonds is 6. The van der Waals surface area contributed by atoms with Crippen LogP contribution in [-0.4, -0.2) is 53.5 Å². The number of hydrogen-bond donors (Lipinski definition) is 2. The highest BCUT2D eigenvalue weighted by Crippen LogP contribution is 2.33. The van der Waals surface area contributed by atoms with Gasteiger partial charge in [0.25, 0.3) is 5.91 Å². The third-order valence-corrected chi connectivity index (χ3v) is 6.84. The van der Waals surface area contributed by atoms with Crippen molar-refractivity contribution in [1.82, 2.24) is 15.2 Å². The molecular formula is C20H22Cl2N4O3S. The number of benzene rings is 1. The van der Waals surface area contributed by atoms with Gasteiger partial charge in [-0.25, -0.2) is 4.98 Å².